The lowest BCUT2D eigenvalue weighted by molar-refractivity contribution is 1.26. The Labute approximate surface area is 490 Å². The molecule has 4 nitrogen and oxygen atoms in total. The minimum Gasteiger partial charge on any atom is -0.356 e. The van der Waals surface area contributed by atoms with Gasteiger partial charge < -0.3 is 20.0 Å². The quantitative estimate of drug-likeness (QED) is 0.139. The Morgan fingerprint density at radius 3 is 1.03 bits per heavy atom. The Morgan fingerprint density at radius 1 is 0.278 bits per heavy atom. The molecule has 0 aliphatic heterocycles. The standard InChI is InChI=1S/C34H23ClN2S2.C22H13Cl2NS2.C12H11N/c35-32-28(36(24-13-4-1-5-14-24)25-15-6-2-7-16-25)20-12-21-29(32)37(26-17-8-3-9-18-26)30-23-38-33-27-19-10-11-22-31(27)39-34(30)33;23-16-10-6-11-17(20(16)24)25(14-7-2-1-3-8-14)18-13-26-21-15-9-4-5-12-19(15)27-22(18)21;1-3-7-11(8-4-1)13-12-9-5-2-6-10-12/h1-23H;1-13H;1-10,13H. The fraction of sp³-hybridized carbons (Fsp3) is 0. The number of halogens is 3. The summed E-state index contributed by atoms with van der Waals surface area (Å²) in [5.41, 5.74) is 11.5. The number of fused-ring (bicyclic) bond motifs is 6. The molecule has 14 rings (SSSR count). The van der Waals surface area contributed by atoms with Gasteiger partial charge in [-0.15, -0.1) is 45.3 Å². The number of nitrogens with zero attached hydrogens (tertiary/aromatic N) is 3. The van der Waals surface area contributed by atoms with Crippen molar-refractivity contribution in [2.24, 2.45) is 0 Å². The highest BCUT2D eigenvalue weighted by Crippen LogP contribution is 2.53. The Balaban J connectivity index is 0.000000134. The van der Waals surface area contributed by atoms with Gasteiger partial charge in [0.05, 0.1) is 62.3 Å². The lowest BCUT2D eigenvalue weighted by Gasteiger charge is -2.30. The first-order valence-electron chi connectivity index (χ1n) is 25.5. The molecule has 0 amide bonds. The molecule has 0 atom stereocenters. The van der Waals surface area contributed by atoms with E-state index in [1.54, 1.807) is 22.7 Å². The molecule has 10 aromatic carbocycles. The first kappa shape index (κ1) is 51.8. The summed E-state index contributed by atoms with van der Waals surface area (Å²) in [7, 11) is 0. The van der Waals surface area contributed by atoms with E-state index in [0.29, 0.717) is 15.1 Å². The smallest absolute Gasteiger partial charge is 0.0887 e. The highest BCUT2D eigenvalue weighted by atomic mass is 35.5. The number of thiophene rings is 4. The molecule has 0 radical (unpaired) electrons. The van der Waals surface area contributed by atoms with Gasteiger partial charge in [0, 0.05) is 65.1 Å². The molecule has 0 bridgehead atoms. The molecule has 384 valence electrons. The van der Waals surface area contributed by atoms with E-state index >= 15 is 0 Å². The van der Waals surface area contributed by atoms with Gasteiger partial charge in [0.15, 0.2) is 0 Å². The van der Waals surface area contributed by atoms with Crippen molar-refractivity contribution in [1.29, 1.82) is 0 Å². The van der Waals surface area contributed by atoms with Crippen LogP contribution >= 0.6 is 80.1 Å². The van der Waals surface area contributed by atoms with Gasteiger partial charge in [0.2, 0.25) is 0 Å². The largest absolute Gasteiger partial charge is 0.356 e. The summed E-state index contributed by atoms with van der Waals surface area (Å²) in [6.45, 7) is 0. The molecule has 0 spiro atoms. The van der Waals surface area contributed by atoms with Crippen molar-refractivity contribution in [2.45, 2.75) is 0 Å². The molecular weight excluding hydrogens is 1110 g/mol. The first-order valence-corrected chi connectivity index (χ1v) is 30.0. The zero-order chi connectivity index (χ0) is 53.5. The van der Waals surface area contributed by atoms with Crippen LogP contribution in [-0.2, 0) is 0 Å². The van der Waals surface area contributed by atoms with Gasteiger partial charge in [0.1, 0.15) is 0 Å². The minimum atomic E-state index is 0.554. The van der Waals surface area contributed by atoms with E-state index < -0.39 is 0 Å². The normalized spacial score (nSPS) is 11.0. The average Bonchev–Trinajstić information content (AvgIpc) is 4.36. The van der Waals surface area contributed by atoms with Gasteiger partial charge in [-0.25, -0.2) is 0 Å². The molecule has 79 heavy (non-hydrogen) atoms. The number of hydrogen-bond acceptors (Lipinski definition) is 8. The molecule has 0 saturated carbocycles. The first-order chi connectivity index (χ1) is 39.0. The molecular formula is C68H47Cl3N4S4. The van der Waals surface area contributed by atoms with E-state index in [4.69, 9.17) is 34.8 Å². The summed E-state index contributed by atoms with van der Waals surface area (Å²) in [5, 5.41) is 12.2. The number of para-hydroxylation sites is 6. The summed E-state index contributed by atoms with van der Waals surface area (Å²) >= 11 is 27.6. The third kappa shape index (κ3) is 11.0. The second-order valence-corrected chi connectivity index (χ2v) is 23.2. The third-order valence-electron chi connectivity index (χ3n) is 13.1. The summed E-state index contributed by atoms with van der Waals surface area (Å²) in [5.74, 6) is 0. The topological polar surface area (TPSA) is 21.8 Å². The molecule has 1 N–H and O–H groups in total. The maximum atomic E-state index is 7.42. The van der Waals surface area contributed by atoms with Crippen molar-refractivity contribution < 1.29 is 0 Å². The highest BCUT2D eigenvalue weighted by molar-refractivity contribution is 7.33. The van der Waals surface area contributed by atoms with E-state index in [9.17, 15) is 0 Å². The van der Waals surface area contributed by atoms with Gasteiger partial charge in [-0.1, -0.05) is 193 Å². The highest BCUT2D eigenvalue weighted by Gasteiger charge is 2.26. The summed E-state index contributed by atoms with van der Waals surface area (Å²) in [6.07, 6.45) is 0. The molecule has 0 unspecified atom stereocenters. The van der Waals surface area contributed by atoms with E-state index in [-0.39, 0.29) is 0 Å². The maximum Gasteiger partial charge on any atom is 0.0887 e. The van der Waals surface area contributed by atoms with Crippen LogP contribution in [0.15, 0.2) is 278 Å². The number of anilines is 11. The van der Waals surface area contributed by atoms with E-state index in [0.717, 1.165) is 62.6 Å². The van der Waals surface area contributed by atoms with Crippen molar-refractivity contribution in [2.75, 3.05) is 20.0 Å². The Hall–Kier alpha value is -7.89. The van der Waals surface area contributed by atoms with Gasteiger partial charge >= 0.3 is 0 Å². The zero-order valence-electron chi connectivity index (χ0n) is 42.2. The second-order valence-electron chi connectivity index (χ2n) is 18.1. The van der Waals surface area contributed by atoms with Crippen molar-refractivity contribution in [3.63, 3.8) is 0 Å². The molecule has 0 aliphatic rings. The van der Waals surface area contributed by atoms with Gasteiger partial charge in [-0.3, -0.25) is 0 Å². The number of rotatable bonds is 11. The van der Waals surface area contributed by atoms with Crippen LogP contribution in [0.1, 0.15) is 0 Å². The molecule has 0 fully saturated rings. The van der Waals surface area contributed by atoms with Crippen molar-refractivity contribution in [3.05, 3.63) is 293 Å². The van der Waals surface area contributed by atoms with E-state index in [2.05, 4.69) is 189 Å². The fourth-order valence-corrected chi connectivity index (χ4v) is 15.2. The summed E-state index contributed by atoms with van der Waals surface area (Å²) in [4.78, 5) is 6.72. The zero-order valence-corrected chi connectivity index (χ0v) is 47.7. The molecule has 0 saturated heterocycles. The maximum absolute atomic E-state index is 7.42. The van der Waals surface area contributed by atoms with Crippen molar-refractivity contribution in [1.82, 2.24) is 0 Å². The molecule has 4 aromatic heterocycles. The van der Waals surface area contributed by atoms with Gasteiger partial charge in [-0.2, -0.15) is 0 Å². The number of nitrogens with one attached hydrogen (secondary N) is 1. The van der Waals surface area contributed by atoms with Gasteiger partial charge in [0.25, 0.3) is 0 Å². The predicted molar refractivity (Wildman–Crippen MR) is 350 cm³/mol. The van der Waals surface area contributed by atoms with Crippen LogP contribution < -0.4 is 20.0 Å². The van der Waals surface area contributed by atoms with Gasteiger partial charge in [-0.05, 0) is 109 Å². The van der Waals surface area contributed by atoms with E-state index in [1.807, 2.05) is 132 Å². The number of benzene rings is 10. The summed E-state index contributed by atoms with van der Waals surface area (Å²) in [6, 6.07) is 91.1. The number of hydrogen-bond donors (Lipinski definition) is 1. The van der Waals surface area contributed by atoms with Crippen LogP contribution in [0.5, 0.6) is 0 Å². The van der Waals surface area contributed by atoms with Crippen LogP contribution in [0, 0.1) is 0 Å². The molecule has 11 heteroatoms. The summed E-state index contributed by atoms with van der Waals surface area (Å²) < 4.78 is 7.76. The Morgan fingerprint density at radius 2 is 0.608 bits per heavy atom. The molecule has 4 heterocycles. The van der Waals surface area contributed by atoms with Crippen LogP contribution in [0.4, 0.5) is 62.6 Å². The van der Waals surface area contributed by atoms with Crippen LogP contribution in [0.2, 0.25) is 15.1 Å². The predicted octanol–water partition coefficient (Wildman–Crippen LogP) is 24.0. The van der Waals surface area contributed by atoms with Crippen LogP contribution in [-0.4, -0.2) is 0 Å². The average molecular weight is 1150 g/mol. The Bertz CT molecular complexity index is 4210. The molecule has 14 aromatic rings. The van der Waals surface area contributed by atoms with Crippen LogP contribution in [0.3, 0.4) is 0 Å². The monoisotopic (exact) mass is 1150 g/mol. The lowest BCUT2D eigenvalue weighted by Crippen LogP contribution is -2.14. The molecule has 0 aliphatic carbocycles. The van der Waals surface area contributed by atoms with Crippen LogP contribution in [0.25, 0.3) is 39.0 Å². The van der Waals surface area contributed by atoms with Crippen molar-refractivity contribution in [3.8, 4) is 0 Å². The lowest BCUT2D eigenvalue weighted by atomic mass is 10.1. The second kappa shape index (κ2) is 24.0. The fourth-order valence-electron chi connectivity index (χ4n) is 9.54. The SMILES string of the molecule is Clc1c(N(c2ccccc2)c2ccccc2)cccc1N(c1ccccc1)c1csc2c1sc1ccccc12.Clc1cccc(N(c2ccccc2)c2csc3c2sc2ccccc23)c1Cl.c1ccc(Nc2ccccc2)cc1. The third-order valence-corrected chi connectivity index (χ3v) is 19.0. The minimum absolute atomic E-state index is 0.554. The van der Waals surface area contributed by atoms with Crippen molar-refractivity contribution >= 4 is 182 Å². The van der Waals surface area contributed by atoms with E-state index in [1.165, 1.54) is 39.0 Å². The Kier molecular flexibility index (Phi) is 15.8.